The lowest BCUT2D eigenvalue weighted by molar-refractivity contribution is -0.122. The molecule has 128 valence electrons. The Morgan fingerprint density at radius 1 is 1.12 bits per heavy atom. The van der Waals surface area contributed by atoms with Crippen molar-refractivity contribution in [2.24, 2.45) is 5.41 Å². The topological polar surface area (TPSA) is 55.4 Å². The number of allylic oxidation sites excluding steroid dienone is 2. The van der Waals surface area contributed by atoms with Gasteiger partial charge in [0.05, 0.1) is 6.10 Å². The van der Waals surface area contributed by atoms with Gasteiger partial charge in [-0.1, -0.05) is 26.0 Å². The lowest BCUT2D eigenvalue weighted by atomic mass is 9.70. The fraction of sp³-hybridized carbons (Fsp3) is 0.500. The zero-order chi connectivity index (χ0) is 17.5. The molecule has 1 aliphatic heterocycles. The van der Waals surface area contributed by atoms with Crippen LogP contribution < -0.4 is 10.1 Å². The predicted octanol–water partition coefficient (Wildman–Crippen LogP) is 3.72. The van der Waals surface area contributed by atoms with Crippen LogP contribution in [0.3, 0.4) is 0 Å². The largest absolute Gasteiger partial charge is 0.491 e. The number of benzene rings is 1. The highest BCUT2D eigenvalue weighted by atomic mass is 16.5. The van der Waals surface area contributed by atoms with Gasteiger partial charge in [0.2, 0.25) is 5.91 Å². The van der Waals surface area contributed by atoms with Crippen molar-refractivity contribution in [2.45, 2.75) is 59.0 Å². The lowest BCUT2D eigenvalue weighted by Gasteiger charge is -2.37. The Hall–Kier alpha value is -2.10. The van der Waals surface area contributed by atoms with Crippen LogP contribution in [0.25, 0.3) is 0 Å². The van der Waals surface area contributed by atoms with Gasteiger partial charge >= 0.3 is 0 Å². The fourth-order valence-corrected chi connectivity index (χ4v) is 3.69. The molecule has 0 radical (unpaired) electrons. The number of carbonyl (C=O) groups excluding carboxylic acids is 2. The van der Waals surface area contributed by atoms with Crippen LogP contribution in [0.1, 0.15) is 58.4 Å². The molecule has 0 spiro atoms. The van der Waals surface area contributed by atoms with Crippen molar-refractivity contribution in [2.75, 3.05) is 0 Å². The summed E-state index contributed by atoms with van der Waals surface area (Å²) in [5.41, 5.74) is 2.52. The Balaban J connectivity index is 1.94. The number of hydrogen-bond donors (Lipinski definition) is 1. The molecule has 1 aromatic carbocycles. The van der Waals surface area contributed by atoms with Crippen LogP contribution >= 0.6 is 0 Å². The van der Waals surface area contributed by atoms with Crippen molar-refractivity contribution in [3.8, 4) is 5.75 Å². The van der Waals surface area contributed by atoms with E-state index in [0.29, 0.717) is 12.8 Å². The molecular formula is C20H25NO3. The summed E-state index contributed by atoms with van der Waals surface area (Å²) < 4.78 is 5.67. The van der Waals surface area contributed by atoms with E-state index >= 15 is 0 Å². The summed E-state index contributed by atoms with van der Waals surface area (Å²) in [6.07, 6.45) is 1.72. The molecule has 2 aliphatic rings. The Morgan fingerprint density at radius 3 is 2.42 bits per heavy atom. The number of rotatable bonds is 3. The molecule has 1 atom stereocenters. The number of Topliss-reactive ketones (excluding diaryl/α,β-unsaturated/α-hetero) is 1. The SMILES string of the molecule is CC(C)Oc1ccc(C2CC(=O)NC3=C2C(=O)CC(C)(C)C3)cc1. The second kappa shape index (κ2) is 6.08. The zero-order valence-electron chi connectivity index (χ0n) is 14.8. The average Bonchev–Trinajstić information content (AvgIpc) is 2.44. The van der Waals surface area contributed by atoms with E-state index < -0.39 is 0 Å². The Labute approximate surface area is 143 Å². The molecule has 0 aromatic heterocycles. The maximum absolute atomic E-state index is 12.7. The standard InChI is InChI=1S/C20H25NO3/c1-12(2)24-14-7-5-13(6-8-14)15-9-18(23)21-16-10-20(3,4)11-17(22)19(15)16/h5-8,12,15H,9-11H2,1-4H3,(H,21,23). The molecule has 1 heterocycles. The van der Waals surface area contributed by atoms with Gasteiger partial charge in [0.15, 0.2) is 5.78 Å². The lowest BCUT2D eigenvalue weighted by Crippen LogP contribution is -2.40. The van der Waals surface area contributed by atoms with Crippen molar-refractivity contribution in [3.05, 3.63) is 41.1 Å². The normalized spacial score (nSPS) is 23.1. The fourth-order valence-electron chi connectivity index (χ4n) is 3.69. The van der Waals surface area contributed by atoms with E-state index in [1.807, 2.05) is 38.1 Å². The third-order valence-corrected chi connectivity index (χ3v) is 4.60. The van der Waals surface area contributed by atoms with Crippen LogP contribution in [0.5, 0.6) is 5.75 Å². The van der Waals surface area contributed by atoms with E-state index in [1.165, 1.54) is 0 Å². The first-order valence-electron chi connectivity index (χ1n) is 8.58. The first kappa shape index (κ1) is 16.7. The molecule has 1 aromatic rings. The Kier molecular flexibility index (Phi) is 4.24. The van der Waals surface area contributed by atoms with Gasteiger partial charge in [-0.3, -0.25) is 9.59 Å². The highest BCUT2D eigenvalue weighted by Gasteiger charge is 2.40. The summed E-state index contributed by atoms with van der Waals surface area (Å²) in [5.74, 6) is 0.810. The average molecular weight is 327 g/mol. The molecule has 4 nitrogen and oxygen atoms in total. The molecule has 1 amide bonds. The summed E-state index contributed by atoms with van der Waals surface area (Å²) in [5, 5.41) is 2.94. The summed E-state index contributed by atoms with van der Waals surface area (Å²) in [4.78, 5) is 24.9. The highest BCUT2D eigenvalue weighted by Crippen LogP contribution is 2.44. The van der Waals surface area contributed by atoms with Gasteiger partial charge < -0.3 is 10.1 Å². The second-order valence-electron chi connectivity index (χ2n) is 7.87. The van der Waals surface area contributed by atoms with E-state index in [4.69, 9.17) is 4.74 Å². The highest BCUT2D eigenvalue weighted by molar-refractivity contribution is 6.02. The number of carbonyl (C=O) groups is 2. The van der Waals surface area contributed by atoms with Crippen molar-refractivity contribution in [1.29, 1.82) is 0 Å². The first-order valence-corrected chi connectivity index (χ1v) is 8.58. The van der Waals surface area contributed by atoms with Gasteiger partial charge in [0, 0.05) is 30.0 Å². The number of amides is 1. The first-order chi connectivity index (χ1) is 11.2. The third kappa shape index (κ3) is 3.37. The quantitative estimate of drug-likeness (QED) is 0.920. The minimum Gasteiger partial charge on any atom is -0.491 e. The third-order valence-electron chi connectivity index (χ3n) is 4.60. The van der Waals surface area contributed by atoms with E-state index in [2.05, 4.69) is 19.2 Å². The van der Waals surface area contributed by atoms with E-state index in [-0.39, 0.29) is 29.1 Å². The summed E-state index contributed by atoms with van der Waals surface area (Å²) in [7, 11) is 0. The minimum atomic E-state index is -0.148. The molecule has 0 saturated heterocycles. The number of ketones is 1. The Bertz CT molecular complexity index is 698. The zero-order valence-corrected chi connectivity index (χ0v) is 14.8. The molecule has 24 heavy (non-hydrogen) atoms. The van der Waals surface area contributed by atoms with Gasteiger partial charge in [-0.2, -0.15) is 0 Å². The van der Waals surface area contributed by atoms with Gasteiger partial charge in [-0.25, -0.2) is 0 Å². The summed E-state index contributed by atoms with van der Waals surface area (Å²) in [6, 6.07) is 7.77. The predicted molar refractivity (Wildman–Crippen MR) is 92.8 cm³/mol. The number of hydrogen-bond acceptors (Lipinski definition) is 3. The van der Waals surface area contributed by atoms with Crippen LogP contribution in [-0.2, 0) is 9.59 Å². The van der Waals surface area contributed by atoms with Crippen LogP contribution in [0, 0.1) is 5.41 Å². The molecule has 0 fully saturated rings. The van der Waals surface area contributed by atoms with Crippen molar-refractivity contribution in [3.63, 3.8) is 0 Å². The summed E-state index contributed by atoms with van der Waals surface area (Å²) in [6.45, 7) is 8.11. The molecule has 1 N–H and O–H groups in total. The maximum atomic E-state index is 12.7. The monoisotopic (exact) mass is 327 g/mol. The minimum absolute atomic E-state index is 0.00763. The van der Waals surface area contributed by atoms with E-state index in [9.17, 15) is 9.59 Å². The van der Waals surface area contributed by atoms with Crippen molar-refractivity contribution < 1.29 is 14.3 Å². The van der Waals surface area contributed by atoms with Crippen LogP contribution in [0.15, 0.2) is 35.5 Å². The van der Waals surface area contributed by atoms with Gasteiger partial charge in [-0.05, 0) is 43.4 Å². The van der Waals surface area contributed by atoms with Crippen molar-refractivity contribution >= 4 is 11.7 Å². The van der Waals surface area contributed by atoms with Gasteiger partial charge in [0.25, 0.3) is 0 Å². The van der Waals surface area contributed by atoms with Crippen LogP contribution in [0.2, 0.25) is 0 Å². The maximum Gasteiger partial charge on any atom is 0.225 e. The smallest absolute Gasteiger partial charge is 0.225 e. The molecular weight excluding hydrogens is 302 g/mol. The molecule has 0 bridgehead atoms. The molecule has 1 unspecified atom stereocenters. The van der Waals surface area contributed by atoms with E-state index in [0.717, 1.165) is 29.0 Å². The Morgan fingerprint density at radius 2 is 1.79 bits per heavy atom. The van der Waals surface area contributed by atoms with Crippen LogP contribution in [0.4, 0.5) is 0 Å². The van der Waals surface area contributed by atoms with Gasteiger partial charge in [-0.15, -0.1) is 0 Å². The summed E-state index contributed by atoms with van der Waals surface area (Å²) >= 11 is 0. The van der Waals surface area contributed by atoms with E-state index in [1.54, 1.807) is 0 Å². The molecule has 0 saturated carbocycles. The molecule has 1 aliphatic carbocycles. The second-order valence-corrected chi connectivity index (χ2v) is 7.87. The molecule has 4 heteroatoms. The van der Waals surface area contributed by atoms with Gasteiger partial charge in [0.1, 0.15) is 5.75 Å². The molecule has 3 rings (SSSR count). The van der Waals surface area contributed by atoms with Crippen LogP contribution in [-0.4, -0.2) is 17.8 Å². The van der Waals surface area contributed by atoms with Crippen molar-refractivity contribution in [1.82, 2.24) is 5.32 Å². The number of ether oxygens (including phenoxy) is 1. The number of nitrogens with one attached hydrogen (secondary N) is 1.